The summed E-state index contributed by atoms with van der Waals surface area (Å²) in [6.07, 6.45) is 0.972. The average Bonchev–Trinajstić information content (AvgIpc) is 2.42. The van der Waals surface area contributed by atoms with Crippen LogP contribution in [0.5, 0.6) is 0 Å². The number of halogens is 1. The first-order valence-electron chi connectivity index (χ1n) is 6.42. The Kier molecular flexibility index (Phi) is 6.67. The van der Waals surface area contributed by atoms with E-state index >= 15 is 0 Å². The van der Waals surface area contributed by atoms with Gasteiger partial charge in [0.25, 0.3) is 5.91 Å². The predicted octanol–water partition coefficient (Wildman–Crippen LogP) is 2.93. The second-order valence-electron chi connectivity index (χ2n) is 4.37. The molecule has 5 heteroatoms. The quantitative estimate of drug-likeness (QED) is 0.809. The average molecular weight is 285 g/mol. The molecule has 0 aromatic heterocycles. The molecule has 0 aliphatic heterocycles. The van der Waals surface area contributed by atoms with Crippen molar-refractivity contribution in [3.8, 4) is 0 Å². The number of hydrogen-bond donors (Lipinski definition) is 2. The first-order valence-corrected chi connectivity index (χ1v) is 6.80. The third-order valence-electron chi connectivity index (χ3n) is 2.74. The fraction of sp³-hybridized carbons (Fsp3) is 0.500. The Labute approximate surface area is 119 Å². The van der Waals surface area contributed by atoms with Crippen LogP contribution in [0.25, 0.3) is 0 Å². The highest BCUT2D eigenvalue weighted by Gasteiger charge is 2.12. The van der Waals surface area contributed by atoms with Crippen LogP contribution in [0.4, 0.5) is 5.69 Å². The molecule has 0 saturated heterocycles. The van der Waals surface area contributed by atoms with Crippen molar-refractivity contribution in [3.05, 3.63) is 28.8 Å². The zero-order chi connectivity index (χ0) is 14.3. The van der Waals surface area contributed by atoms with Crippen LogP contribution in [0.1, 0.15) is 30.6 Å². The molecule has 1 atom stereocenters. The van der Waals surface area contributed by atoms with Crippen LogP contribution in [0.2, 0.25) is 5.02 Å². The molecule has 2 N–H and O–H groups in total. The van der Waals surface area contributed by atoms with Crippen molar-refractivity contribution in [2.75, 3.05) is 25.5 Å². The van der Waals surface area contributed by atoms with E-state index in [1.807, 2.05) is 13.0 Å². The van der Waals surface area contributed by atoms with Gasteiger partial charge in [0.1, 0.15) is 0 Å². The van der Waals surface area contributed by atoms with Crippen molar-refractivity contribution in [3.63, 3.8) is 0 Å². The van der Waals surface area contributed by atoms with Crippen molar-refractivity contribution in [1.29, 1.82) is 0 Å². The lowest BCUT2D eigenvalue weighted by molar-refractivity contribution is 0.0871. The number of nitrogens with one attached hydrogen (secondary N) is 2. The first kappa shape index (κ1) is 15.8. The monoisotopic (exact) mass is 284 g/mol. The maximum atomic E-state index is 12.1. The minimum absolute atomic E-state index is 0.0183. The highest BCUT2D eigenvalue weighted by Crippen LogP contribution is 2.20. The largest absolute Gasteiger partial charge is 0.384 e. The second-order valence-corrected chi connectivity index (χ2v) is 4.81. The zero-order valence-corrected chi connectivity index (χ0v) is 12.4. The van der Waals surface area contributed by atoms with Crippen LogP contribution in [0.3, 0.4) is 0 Å². The smallest absolute Gasteiger partial charge is 0.253 e. The molecule has 0 bridgehead atoms. The molecular formula is C14H21ClN2O2. The summed E-state index contributed by atoms with van der Waals surface area (Å²) in [5, 5.41) is 6.60. The summed E-state index contributed by atoms with van der Waals surface area (Å²) in [6, 6.07) is 5.27. The van der Waals surface area contributed by atoms with E-state index < -0.39 is 0 Å². The lowest BCUT2D eigenvalue weighted by Gasteiger charge is -2.14. The van der Waals surface area contributed by atoms with Crippen LogP contribution >= 0.6 is 11.6 Å². The maximum Gasteiger partial charge on any atom is 0.253 e. The van der Waals surface area contributed by atoms with E-state index in [2.05, 4.69) is 17.6 Å². The fourth-order valence-electron chi connectivity index (χ4n) is 1.53. The van der Waals surface area contributed by atoms with Gasteiger partial charge < -0.3 is 15.4 Å². The zero-order valence-electron chi connectivity index (χ0n) is 11.6. The summed E-state index contributed by atoms with van der Waals surface area (Å²) in [7, 11) is 1.62. The summed E-state index contributed by atoms with van der Waals surface area (Å²) in [4.78, 5) is 12.1. The molecule has 106 valence electrons. The van der Waals surface area contributed by atoms with Gasteiger partial charge >= 0.3 is 0 Å². The second kappa shape index (κ2) is 8.02. The number of benzene rings is 1. The van der Waals surface area contributed by atoms with Gasteiger partial charge in [0, 0.05) is 30.9 Å². The number of amides is 1. The highest BCUT2D eigenvalue weighted by atomic mass is 35.5. The molecule has 1 unspecified atom stereocenters. The Hall–Kier alpha value is -1.26. The SMILES string of the molecule is CCCNc1ccc(Cl)cc1C(=O)NCC(C)OC. The maximum absolute atomic E-state index is 12.1. The highest BCUT2D eigenvalue weighted by molar-refractivity contribution is 6.31. The van der Waals surface area contributed by atoms with E-state index in [1.165, 1.54) is 0 Å². The van der Waals surface area contributed by atoms with Crippen LogP contribution in [-0.2, 0) is 4.74 Å². The molecule has 0 radical (unpaired) electrons. The summed E-state index contributed by atoms with van der Waals surface area (Å²) < 4.78 is 5.10. The Balaban J connectivity index is 2.78. The van der Waals surface area contributed by atoms with Crippen LogP contribution in [0, 0.1) is 0 Å². The first-order chi connectivity index (χ1) is 9.08. The molecule has 0 aliphatic carbocycles. The molecule has 0 aliphatic rings. The molecule has 0 heterocycles. The number of rotatable bonds is 7. The number of carbonyl (C=O) groups excluding carboxylic acids is 1. The van der Waals surface area contributed by atoms with E-state index in [0.29, 0.717) is 17.1 Å². The van der Waals surface area contributed by atoms with Crippen molar-refractivity contribution in [1.82, 2.24) is 5.32 Å². The Morgan fingerprint density at radius 1 is 1.47 bits per heavy atom. The van der Waals surface area contributed by atoms with Crippen LogP contribution < -0.4 is 10.6 Å². The van der Waals surface area contributed by atoms with E-state index in [-0.39, 0.29) is 12.0 Å². The van der Waals surface area contributed by atoms with Crippen LogP contribution in [-0.4, -0.2) is 32.2 Å². The van der Waals surface area contributed by atoms with Crippen molar-refractivity contribution >= 4 is 23.2 Å². The Morgan fingerprint density at radius 3 is 2.84 bits per heavy atom. The van der Waals surface area contributed by atoms with Gasteiger partial charge in [0.15, 0.2) is 0 Å². The molecule has 1 aromatic rings. The molecule has 1 amide bonds. The third kappa shape index (κ3) is 5.09. The predicted molar refractivity (Wildman–Crippen MR) is 79.0 cm³/mol. The molecule has 0 fully saturated rings. The van der Waals surface area contributed by atoms with Crippen molar-refractivity contribution in [2.24, 2.45) is 0 Å². The summed E-state index contributed by atoms with van der Waals surface area (Å²) in [6.45, 7) is 5.25. The lowest BCUT2D eigenvalue weighted by atomic mass is 10.1. The van der Waals surface area contributed by atoms with Crippen molar-refractivity contribution < 1.29 is 9.53 Å². The van der Waals surface area contributed by atoms with Crippen LogP contribution in [0.15, 0.2) is 18.2 Å². The van der Waals surface area contributed by atoms with E-state index in [0.717, 1.165) is 18.7 Å². The summed E-state index contributed by atoms with van der Waals surface area (Å²) in [5.41, 5.74) is 1.36. The molecule has 1 aromatic carbocycles. The van der Waals surface area contributed by atoms with E-state index in [4.69, 9.17) is 16.3 Å². The molecule has 4 nitrogen and oxygen atoms in total. The van der Waals surface area contributed by atoms with Gasteiger partial charge in [-0.3, -0.25) is 4.79 Å². The number of carbonyl (C=O) groups is 1. The topological polar surface area (TPSA) is 50.4 Å². The van der Waals surface area contributed by atoms with Gasteiger partial charge in [-0.05, 0) is 31.5 Å². The summed E-state index contributed by atoms with van der Waals surface area (Å²) in [5.74, 6) is -0.148. The Bertz CT molecular complexity index is 424. The Morgan fingerprint density at radius 2 is 2.21 bits per heavy atom. The number of anilines is 1. The van der Waals surface area contributed by atoms with Gasteiger partial charge in [0.2, 0.25) is 0 Å². The molecule has 1 rings (SSSR count). The normalized spacial score (nSPS) is 12.0. The number of ether oxygens (including phenoxy) is 1. The van der Waals surface area contributed by atoms with Gasteiger partial charge in [-0.2, -0.15) is 0 Å². The number of hydrogen-bond acceptors (Lipinski definition) is 3. The molecule has 0 saturated carbocycles. The molecular weight excluding hydrogens is 264 g/mol. The van der Waals surface area contributed by atoms with E-state index in [9.17, 15) is 4.79 Å². The lowest BCUT2D eigenvalue weighted by Crippen LogP contribution is -2.32. The van der Waals surface area contributed by atoms with E-state index in [1.54, 1.807) is 19.2 Å². The summed E-state index contributed by atoms with van der Waals surface area (Å²) >= 11 is 5.95. The minimum atomic E-state index is -0.148. The molecule has 19 heavy (non-hydrogen) atoms. The standard InChI is InChI=1S/C14H21ClN2O2/c1-4-7-16-13-6-5-11(15)8-12(13)14(18)17-9-10(2)19-3/h5-6,8,10,16H,4,7,9H2,1-3H3,(H,17,18). The van der Waals surface area contributed by atoms with Crippen molar-refractivity contribution in [2.45, 2.75) is 26.4 Å². The minimum Gasteiger partial charge on any atom is -0.384 e. The van der Waals surface area contributed by atoms with Gasteiger partial charge in [-0.25, -0.2) is 0 Å². The molecule has 0 spiro atoms. The van der Waals surface area contributed by atoms with Gasteiger partial charge in [-0.15, -0.1) is 0 Å². The van der Waals surface area contributed by atoms with Gasteiger partial charge in [0.05, 0.1) is 11.7 Å². The number of methoxy groups -OCH3 is 1. The fourth-order valence-corrected chi connectivity index (χ4v) is 1.71. The third-order valence-corrected chi connectivity index (χ3v) is 2.98. The van der Waals surface area contributed by atoms with Gasteiger partial charge in [-0.1, -0.05) is 18.5 Å².